The molecule has 2 heterocycles. The number of aromatic nitrogens is 1. The zero-order valence-electron chi connectivity index (χ0n) is 17.3. The van der Waals surface area contributed by atoms with Gasteiger partial charge < -0.3 is 10.2 Å². The molecule has 2 fully saturated rings. The van der Waals surface area contributed by atoms with Crippen molar-refractivity contribution in [3.63, 3.8) is 0 Å². The fourth-order valence-electron chi connectivity index (χ4n) is 5.56. The molecule has 2 aromatic rings. The molecule has 5 rings (SSSR count). The molecule has 0 radical (unpaired) electrons. The summed E-state index contributed by atoms with van der Waals surface area (Å²) >= 11 is 0. The quantitative estimate of drug-likeness (QED) is 0.845. The lowest BCUT2D eigenvalue weighted by Gasteiger charge is -2.40. The van der Waals surface area contributed by atoms with Crippen LogP contribution in [0.2, 0.25) is 0 Å². The number of rotatable bonds is 4. The monoisotopic (exact) mass is 403 g/mol. The van der Waals surface area contributed by atoms with Gasteiger partial charge in [-0.3, -0.25) is 14.6 Å². The summed E-state index contributed by atoms with van der Waals surface area (Å²) in [6.07, 6.45) is 10.3. The number of hydrogen-bond donors (Lipinski definition) is 1. The van der Waals surface area contributed by atoms with Crippen molar-refractivity contribution in [3.05, 3.63) is 65.5 Å². The third-order valence-corrected chi connectivity index (χ3v) is 7.45. The Kier molecular flexibility index (Phi) is 5.05. The number of likely N-dealkylation sites (tertiary alicyclic amines) is 1. The average molecular weight is 404 g/mol. The smallest absolute Gasteiger partial charge is 0.253 e. The van der Waals surface area contributed by atoms with Crippen molar-refractivity contribution in [2.75, 3.05) is 13.1 Å². The minimum Gasteiger partial charge on any atom is -0.353 e. The van der Waals surface area contributed by atoms with Gasteiger partial charge in [0.1, 0.15) is 0 Å². The maximum atomic E-state index is 12.8. The Balaban J connectivity index is 1.29. The van der Waals surface area contributed by atoms with Gasteiger partial charge in [-0.05, 0) is 73.1 Å². The molecule has 3 aliphatic rings. The van der Waals surface area contributed by atoms with Gasteiger partial charge in [0.2, 0.25) is 5.91 Å². The number of hydrogen-bond acceptors (Lipinski definition) is 3. The molecule has 1 N–H and O–H groups in total. The summed E-state index contributed by atoms with van der Waals surface area (Å²) in [5.74, 6) is 0.570. The first kappa shape index (κ1) is 19.3. The zero-order chi connectivity index (χ0) is 20.6. The lowest BCUT2D eigenvalue weighted by Crippen LogP contribution is -2.44. The standard InChI is InChI=1S/C25H29N3O2/c29-23(27-20-4-3-5-20)16-19-17-25(22-7-2-1-6-21(19)22)10-14-28(15-11-25)24(30)18-8-12-26-13-9-18/h1-2,6-9,12-13,19-20H,3-5,10-11,14-17H2,(H,27,29)/t19-/m1/s1. The predicted octanol–water partition coefficient (Wildman–Crippen LogP) is 3.80. The van der Waals surface area contributed by atoms with Gasteiger partial charge in [0.05, 0.1) is 0 Å². The van der Waals surface area contributed by atoms with Crippen LogP contribution in [0.15, 0.2) is 48.8 Å². The van der Waals surface area contributed by atoms with Crippen LogP contribution >= 0.6 is 0 Å². The van der Waals surface area contributed by atoms with Crippen LogP contribution in [0.3, 0.4) is 0 Å². The topological polar surface area (TPSA) is 62.3 Å². The highest BCUT2D eigenvalue weighted by atomic mass is 16.2. The molecule has 2 aliphatic carbocycles. The van der Waals surface area contributed by atoms with Crippen LogP contribution in [-0.2, 0) is 10.2 Å². The summed E-state index contributed by atoms with van der Waals surface area (Å²) in [5, 5.41) is 3.21. The van der Waals surface area contributed by atoms with E-state index in [9.17, 15) is 9.59 Å². The zero-order valence-corrected chi connectivity index (χ0v) is 17.3. The van der Waals surface area contributed by atoms with Crippen LogP contribution in [0, 0.1) is 0 Å². The fourth-order valence-corrected chi connectivity index (χ4v) is 5.56. The van der Waals surface area contributed by atoms with Crippen molar-refractivity contribution in [1.82, 2.24) is 15.2 Å². The molecule has 1 aromatic heterocycles. The third kappa shape index (κ3) is 3.51. The summed E-state index contributed by atoms with van der Waals surface area (Å²) in [7, 11) is 0. The molecule has 1 atom stereocenters. The molecule has 0 bridgehead atoms. The molecule has 1 aromatic carbocycles. The van der Waals surface area contributed by atoms with E-state index in [0.29, 0.717) is 18.0 Å². The van der Waals surface area contributed by atoms with Gasteiger partial charge >= 0.3 is 0 Å². The fraction of sp³-hybridized carbons (Fsp3) is 0.480. The molecule has 5 nitrogen and oxygen atoms in total. The number of nitrogens with one attached hydrogen (secondary N) is 1. The highest BCUT2D eigenvalue weighted by Gasteiger charge is 2.46. The van der Waals surface area contributed by atoms with E-state index in [1.165, 1.54) is 17.5 Å². The highest BCUT2D eigenvalue weighted by Crippen LogP contribution is 2.52. The van der Waals surface area contributed by atoms with Crippen LogP contribution in [0.5, 0.6) is 0 Å². The van der Waals surface area contributed by atoms with Crippen molar-refractivity contribution in [1.29, 1.82) is 0 Å². The van der Waals surface area contributed by atoms with Crippen LogP contribution < -0.4 is 5.32 Å². The molecule has 1 saturated carbocycles. The largest absolute Gasteiger partial charge is 0.353 e. The van der Waals surface area contributed by atoms with E-state index in [4.69, 9.17) is 0 Å². The van der Waals surface area contributed by atoms with E-state index in [0.717, 1.165) is 45.2 Å². The van der Waals surface area contributed by atoms with Gasteiger partial charge in [-0.2, -0.15) is 0 Å². The van der Waals surface area contributed by atoms with E-state index in [2.05, 4.69) is 34.6 Å². The normalized spacial score (nSPS) is 22.4. The van der Waals surface area contributed by atoms with Crippen molar-refractivity contribution < 1.29 is 9.59 Å². The van der Waals surface area contributed by atoms with E-state index in [1.807, 2.05) is 4.90 Å². The molecule has 2 amide bonds. The van der Waals surface area contributed by atoms with Crippen molar-refractivity contribution in [3.8, 4) is 0 Å². The molecular formula is C25H29N3O2. The summed E-state index contributed by atoms with van der Waals surface area (Å²) < 4.78 is 0. The minimum absolute atomic E-state index is 0.0903. The second kappa shape index (κ2) is 7.86. The van der Waals surface area contributed by atoms with Crippen molar-refractivity contribution >= 4 is 11.8 Å². The SMILES string of the molecule is O=C(C[C@@H]1CC2(CCN(C(=O)c3ccncc3)CC2)c2ccccc21)NC1CCC1. The van der Waals surface area contributed by atoms with Gasteiger partial charge in [-0.15, -0.1) is 0 Å². The molecule has 1 aliphatic heterocycles. The van der Waals surface area contributed by atoms with Gasteiger partial charge in [-0.1, -0.05) is 24.3 Å². The molecular weight excluding hydrogens is 374 g/mol. The Bertz CT molecular complexity index is 930. The predicted molar refractivity (Wildman–Crippen MR) is 115 cm³/mol. The molecule has 1 spiro atoms. The van der Waals surface area contributed by atoms with Gasteiger partial charge in [0, 0.05) is 43.5 Å². The number of nitrogens with zero attached hydrogens (tertiary/aromatic N) is 2. The van der Waals surface area contributed by atoms with E-state index in [-0.39, 0.29) is 23.1 Å². The van der Waals surface area contributed by atoms with Crippen molar-refractivity contribution in [2.45, 2.75) is 62.3 Å². The van der Waals surface area contributed by atoms with E-state index >= 15 is 0 Å². The second-order valence-corrected chi connectivity index (χ2v) is 9.20. The Labute approximate surface area is 177 Å². The Morgan fingerprint density at radius 2 is 1.80 bits per heavy atom. The second-order valence-electron chi connectivity index (χ2n) is 9.20. The number of pyridine rings is 1. The first-order chi connectivity index (χ1) is 14.6. The lowest BCUT2D eigenvalue weighted by atomic mass is 9.73. The van der Waals surface area contributed by atoms with Crippen LogP contribution in [0.4, 0.5) is 0 Å². The van der Waals surface area contributed by atoms with E-state index < -0.39 is 0 Å². The summed E-state index contributed by atoms with van der Waals surface area (Å²) in [6.45, 7) is 1.52. The maximum absolute atomic E-state index is 12.8. The Morgan fingerprint density at radius 3 is 2.50 bits per heavy atom. The highest BCUT2D eigenvalue weighted by molar-refractivity contribution is 5.94. The molecule has 156 valence electrons. The number of amides is 2. The number of carbonyl (C=O) groups is 2. The maximum Gasteiger partial charge on any atom is 0.253 e. The first-order valence-electron chi connectivity index (χ1n) is 11.2. The van der Waals surface area contributed by atoms with Gasteiger partial charge in [0.25, 0.3) is 5.91 Å². The summed E-state index contributed by atoms with van der Waals surface area (Å²) in [6, 6.07) is 12.6. The minimum atomic E-state index is 0.0903. The molecule has 1 saturated heterocycles. The molecule has 5 heteroatoms. The summed E-state index contributed by atoms with van der Waals surface area (Å²) in [4.78, 5) is 31.4. The Hall–Kier alpha value is -2.69. The van der Waals surface area contributed by atoms with Crippen LogP contribution in [0.25, 0.3) is 0 Å². The van der Waals surface area contributed by atoms with Crippen molar-refractivity contribution in [2.24, 2.45) is 0 Å². The van der Waals surface area contributed by atoms with Crippen LogP contribution in [-0.4, -0.2) is 40.8 Å². The number of carbonyl (C=O) groups excluding carboxylic acids is 2. The molecule has 30 heavy (non-hydrogen) atoms. The summed E-state index contributed by atoms with van der Waals surface area (Å²) in [5.41, 5.74) is 3.54. The lowest BCUT2D eigenvalue weighted by molar-refractivity contribution is -0.122. The molecule has 0 unspecified atom stereocenters. The van der Waals surface area contributed by atoms with E-state index in [1.54, 1.807) is 24.5 Å². The van der Waals surface area contributed by atoms with Crippen LogP contribution in [0.1, 0.15) is 72.3 Å². The number of benzene rings is 1. The third-order valence-electron chi connectivity index (χ3n) is 7.45. The number of fused-ring (bicyclic) bond motifs is 2. The van der Waals surface area contributed by atoms with Gasteiger partial charge in [0.15, 0.2) is 0 Å². The first-order valence-corrected chi connectivity index (χ1v) is 11.2. The Morgan fingerprint density at radius 1 is 1.07 bits per heavy atom. The number of piperidine rings is 1. The average Bonchev–Trinajstić information content (AvgIpc) is 3.05. The van der Waals surface area contributed by atoms with Gasteiger partial charge in [-0.25, -0.2) is 0 Å².